The summed E-state index contributed by atoms with van der Waals surface area (Å²) >= 11 is 0. The van der Waals surface area contributed by atoms with Gasteiger partial charge in [0.2, 0.25) is 5.79 Å². The van der Waals surface area contributed by atoms with Crippen LogP contribution in [0.2, 0.25) is 0 Å². The zero-order valence-electron chi connectivity index (χ0n) is 12.4. The predicted molar refractivity (Wildman–Crippen MR) is 75.0 cm³/mol. The summed E-state index contributed by atoms with van der Waals surface area (Å²) in [6.07, 6.45) is 0.209. The number of aldehydes is 1. The van der Waals surface area contributed by atoms with Crippen molar-refractivity contribution in [2.24, 2.45) is 0 Å². The second kappa shape index (κ2) is 9.20. The maximum absolute atomic E-state index is 12.2. The third-order valence-corrected chi connectivity index (χ3v) is 3.13. The van der Waals surface area contributed by atoms with Crippen molar-refractivity contribution >= 4 is 12.2 Å². The molecule has 2 rings (SSSR count). The first-order chi connectivity index (χ1) is 10.0. The minimum atomic E-state index is -1.57. The van der Waals surface area contributed by atoms with Crippen LogP contribution in [-0.4, -0.2) is 65.1 Å². The molecule has 0 bridgehead atoms. The number of hydrogen-bond donors (Lipinski definition) is 2. The number of benzene rings is 1. The summed E-state index contributed by atoms with van der Waals surface area (Å²) in [6, 6.07) is 6.30. The fraction of sp³-hybridized carbons (Fsp3) is 0.429. The fourth-order valence-electron chi connectivity index (χ4n) is 1.93. The number of carbonyl (C=O) groups excluding carboxylic acids is 2. The van der Waals surface area contributed by atoms with E-state index >= 15 is 0 Å². The van der Waals surface area contributed by atoms with E-state index in [1.54, 1.807) is 12.1 Å². The molecule has 1 amide bonds. The van der Waals surface area contributed by atoms with Gasteiger partial charge in [-0.15, -0.1) is 0 Å². The van der Waals surface area contributed by atoms with Crippen LogP contribution in [-0.2, 0) is 30.0 Å². The Morgan fingerprint density at radius 2 is 2.13 bits per heavy atom. The maximum Gasteiger partial charge on any atom is 0.277 e. The Balaban J connectivity index is 0.00000242. The summed E-state index contributed by atoms with van der Waals surface area (Å²) in [6.45, 7) is -0.0734. The molecule has 1 aliphatic rings. The monoisotopic (exact) mass is 419 g/mol. The average Bonchev–Trinajstić information content (AvgIpc) is 3.13. The van der Waals surface area contributed by atoms with Gasteiger partial charge >= 0.3 is 0 Å². The number of hydroxylamine groups is 2. The molecule has 2 unspecified atom stereocenters. The van der Waals surface area contributed by atoms with Crippen molar-refractivity contribution in [3.63, 3.8) is 0 Å². The van der Waals surface area contributed by atoms with Crippen LogP contribution in [0.25, 0.3) is 0 Å². The number of hydrogen-bond acceptors (Lipinski definition) is 6. The number of aliphatic hydroxyl groups is 2. The van der Waals surface area contributed by atoms with E-state index in [2.05, 4.69) is 0 Å². The van der Waals surface area contributed by atoms with Gasteiger partial charge in [-0.2, -0.15) is 0 Å². The molecule has 0 radical (unpaired) electrons. The van der Waals surface area contributed by atoms with Crippen LogP contribution in [0.4, 0.5) is 0 Å². The van der Waals surface area contributed by atoms with Gasteiger partial charge in [0.15, 0.2) is 6.29 Å². The first-order valence-corrected chi connectivity index (χ1v) is 6.48. The van der Waals surface area contributed by atoms with Gasteiger partial charge in [-0.05, 0) is 6.07 Å². The Morgan fingerprint density at radius 3 is 2.74 bits per heavy atom. The fourth-order valence-corrected chi connectivity index (χ4v) is 1.93. The van der Waals surface area contributed by atoms with Gasteiger partial charge in [0.25, 0.3) is 5.91 Å². The topological polar surface area (TPSA) is 128 Å². The predicted octanol–water partition coefficient (Wildman–Crippen LogP) is -0.855. The normalized spacial score (nSPS) is 21.6. The zero-order valence-corrected chi connectivity index (χ0v) is 13.9. The van der Waals surface area contributed by atoms with Gasteiger partial charge in [0.1, 0.15) is 6.10 Å². The van der Waals surface area contributed by atoms with Crippen molar-refractivity contribution in [2.75, 3.05) is 20.3 Å². The number of amides is 1. The molecule has 0 spiro atoms. The SMILES string of the molecule is CN(OC1(O)CC1OCCO)C(=O)c1ccccc1C=O.O.[Pd]. The van der Waals surface area contributed by atoms with E-state index in [9.17, 15) is 14.7 Å². The van der Waals surface area contributed by atoms with Crippen LogP contribution in [0.3, 0.4) is 0 Å². The van der Waals surface area contributed by atoms with E-state index in [4.69, 9.17) is 14.7 Å². The number of aliphatic hydroxyl groups excluding tert-OH is 1. The zero-order chi connectivity index (χ0) is 15.5. The first-order valence-electron chi connectivity index (χ1n) is 6.48. The van der Waals surface area contributed by atoms with E-state index < -0.39 is 17.8 Å². The summed E-state index contributed by atoms with van der Waals surface area (Å²) in [5.41, 5.74) is 0.431. The van der Waals surface area contributed by atoms with Crippen LogP contribution in [0.5, 0.6) is 0 Å². The van der Waals surface area contributed by atoms with Gasteiger partial charge in [0.05, 0.1) is 18.8 Å². The van der Waals surface area contributed by atoms with Crippen LogP contribution < -0.4 is 0 Å². The summed E-state index contributed by atoms with van der Waals surface area (Å²) in [4.78, 5) is 28.3. The maximum atomic E-state index is 12.2. The Kier molecular flexibility index (Phi) is 8.73. The smallest absolute Gasteiger partial charge is 0.277 e. The Morgan fingerprint density at radius 1 is 1.48 bits per heavy atom. The number of rotatable bonds is 7. The molecule has 2 atom stereocenters. The number of carbonyl (C=O) groups is 2. The van der Waals surface area contributed by atoms with Gasteiger partial charge < -0.3 is 20.4 Å². The van der Waals surface area contributed by atoms with Crippen molar-refractivity contribution in [3.8, 4) is 0 Å². The molecule has 1 aromatic carbocycles. The molecule has 4 N–H and O–H groups in total. The summed E-state index contributed by atoms with van der Waals surface area (Å²) in [7, 11) is 1.35. The molecule has 0 aliphatic heterocycles. The standard InChI is InChI=1S/C14H17NO6.H2O.Pd/c1-15(21-14(19)8-12(14)20-7-6-16)13(18)11-5-3-2-4-10(11)9-17;;/h2-5,9,12,16,19H,6-8H2,1H3;1H2;. The molecular formula is C14H19NO7Pd. The third-order valence-electron chi connectivity index (χ3n) is 3.13. The minimum Gasteiger partial charge on any atom is -0.412 e. The van der Waals surface area contributed by atoms with Crippen LogP contribution >= 0.6 is 0 Å². The molecule has 1 fully saturated rings. The van der Waals surface area contributed by atoms with Gasteiger partial charge in [-0.1, -0.05) is 18.2 Å². The molecule has 1 aliphatic carbocycles. The minimum absolute atomic E-state index is 0. The summed E-state index contributed by atoms with van der Waals surface area (Å²) in [5.74, 6) is -2.12. The van der Waals surface area contributed by atoms with E-state index in [1.165, 1.54) is 19.2 Å². The average molecular weight is 420 g/mol. The second-order valence-electron chi connectivity index (χ2n) is 4.73. The Bertz CT molecular complexity index is 542. The van der Waals surface area contributed by atoms with Gasteiger partial charge in [0, 0.05) is 39.5 Å². The van der Waals surface area contributed by atoms with Gasteiger partial charge in [-0.25, -0.2) is 9.90 Å². The Hall–Kier alpha value is -1.18. The number of nitrogens with zero attached hydrogens (tertiary/aromatic N) is 1. The molecule has 1 saturated carbocycles. The van der Waals surface area contributed by atoms with Crippen molar-refractivity contribution in [1.29, 1.82) is 0 Å². The molecule has 0 saturated heterocycles. The molecule has 9 heteroatoms. The molecule has 0 heterocycles. The van der Waals surface area contributed by atoms with Gasteiger partial charge in [-0.3, -0.25) is 9.59 Å². The van der Waals surface area contributed by atoms with E-state index in [0.29, 0.717) is 6.29 Å². The largest absolute Gasteiger partial charge is 0.412 e. The van der Waals surface area contributed by atoms with Crippen LogP contribution in [0.15, 0.2) is 24.3 Å². The second-order valence-corrected chi connectivity index (χ2v) is 4.73. The Labute approximate surface area is 146 Å². The van der Waals surface area contributed by atoms with E-state index in [1.807, 2.05) is 0 Å². The van der Waals surface area contributed by atoms with Crippen LogP contribution in [0.1, 0.15) is 27.1 Å². The molecular weight excluding hydrogens is 401 g/mol. The third kappa shape index (κ3) is 5.16. The first kappa shape index (κ1) is 21.8. The quantitative estimate of drug-likeness (QED) is 0.256. The molecule has 23 heavy (non-hydrogen) atoms. The molecule has 132 valence electrons. The van der Waals surface area contributed by atoms with Crippen molar-refractivity contribution in [2.45, 2.75) is 18.3 Å². The van der Waals surface area contributed by atoms with E-state index in [0.717, 1.165) is 5.06 Å². The van der Waals surface area contributed by atoms with Crippen molar-refractivity contribution < 1.29 is 55.3 Å². The van der Waals surface area contributed by atoms with Crippen LogP contribution in [0, 0.1) is 0 Å². The summed E-state index contributed by atoms with van der Waals surface area (Å²) in [5, 5.41) is 19.5. The number of ether oxygens (including phenoxy) is 1. The van der Waals surface area contributed by atoms with Crippen molar-refractivity contribution in [3.05, 3.63) is 35.4 Å². The van der Waals surface area contributed by atoms with E-state index in [-0.39, 0.29) is 56.7 Å². The van der Waals surface area contributed by atoms with Crippen molar-refractivity contribution in [1.82, 2.24) is 5.06 Å². The molecule has 8 nitrogen and oxygen atoms in total. The molecule has 1 aromatic rings. The molecule has 0 aromatic heterocycles. The summed E-state index contributed by atoms with van der Waals surface area (Å²) < 4.78 is 5.13.